The Morgan fingerprint density at radius 2 is 2.00 bits per heavy atom. The topological polar surface area (TPSA) is 95.8 Å². The van der Waals surface area contributed by atoms with Crippen LogP contribution < -0.4 is 11.1 Å². The van der Waals surface area contributed by atoms with Crippen LogP contribution in [0, 0.1) is 11.8 Å². The van der Waals surface area contributed by atoms with Crippen molar-refractivity contribution in [2.45, 2.75) is 18.4 Å². The summed E-state index contributed by atoms with van der Waals surface area (Å²) in [6.45, 7) is 0.119. The van der Waals surface area contributed by atoms with E-state index in [9.17, 15) is 9.59 Å². The van der Waals surface area contributed by atoms with E-state index >= 15 is 0 Å². The standard InChI is InChI=1S/C23H17N5O3/c1-27-17(29)8-7-15-20(27)21(30)28(11-24-15)10-16-25-22(26-31-16)23-14-9-13(18(23)19(14)23)12-5-3-2-4-6-12/h2-8,11,14,19H,9-10H2,1H3/t14-,19-,23+/m1/s1. The van der Waals surface area contributed by atoms with E-state index in [1.807, 2.05) is 6.07 Å². The third-order valence-corrected chi connectivity index (χ3v) is 7.15. The molecule has 3 atom stereocenters. The molecule has 0 N–H and O–H groups in total. The van der Waals surface area contributed by atoms with Crippen LogP contribution in [0.25, 0.3) is 16.6 Å². The third-order valence-electron chi connectivity index (χ3n) is 7.15. The maximum absolute atomic E-state index is 12.9. The highest BCUT2D eigenvalue weighted by Crippen LogP contribution is 2.90. The van der Waals surface area contributed by atoms with Crippen molar-refractivity contribution in [3.05, 3.63) is 92.4 Å². The Morgan fingerprint density at radius 3 is 2.81 bits per heavy atom. The van der Waals surface area contributed by atoms with Crippen LogP contribution in [0.2, 0.25) is 0 Å². The first-order chi connectivity index (χ1) is 15.1. The number of allylic oxidation sites excluding steroid dienone is 2. The van der Waals surface area contributed by atoms with Crippen LogP contribution in [0.4, 0.5) is 0 Å². The number of fused-ring (bicyclic) bond motifs is 2. The fraction of sp³-hybridized carbons (Fsp3) is 0.261. The highest BCUT2D eigenvalue weighted by atomic mass is 16.5. The summed E-state index contributed by atoms with van der Waals surface area (Å²) in [5, 5.41) is 4.27. The molecule has 2 bridgehead atoms. The van der Waals surface area contributed by atoms with Gasteiger partial charge < -0.3 is 9.09 Å². The molecule has 3 aromatic heterocycles. The van der Waals surface area contributed by atoms with Gasteiger partial charge in [-0.2, -0.15) is 4.98 Å². The van der Waals surface area contributed by atoms with E-state index in [1.54, 1.807) is 13.1 Å². The fourth-order valence-electron chi connectivity index (χ4n) is 5.57. The fourth-order valence-corrected chi connectivity index (χ4v) is 5.57. The quantitative estimate of drug-likeness (QED) is 0.509. The first-order valence-corrected chi connectivity index (χ1v) is 10.3. The van der Waals surface area contributed by atoms with Gasteiger partial charge in [-0.1, -0.05) is 35.5 Å². The molecule has 0 spiro atoms. The average Bonchev–Trinajstić information content (AvgIpc) is 3.33. The Bertz CT molecular complexity index is 1560. The maximum Gasteiger partial charge on any atom is 0.278 e. The lowest BCUT2D eigenvalue weighted by Gasteiger charge is -2.06. The zero-order valence-corrected chi connectivity index (χ0v) is 16.6. The predicted molar refractivity (Wildman–Crippen MR) is 111 cm³/mol. The average molecular weight is 411 g/mol. The van der Waals surface area contributed by atoms with Gasteiger partial charge in [0.1, 0.15) is 12.1 Å². The number of aryl methyl sites for hydroxylation is 1. The smallest absolute Gasteiger partial charge is 0.278 e. The summed E-state index contributed by atoms with van der Waals surface area (Å²) in [5.74, 6) is 2.22. The van der Waals surface area contributed by atoms with Gasteiger partial charge in [-0.15, -0.1) is 0 Å². The Kier molecular flexibility index (Phi) is 2.98. The lowest BCUT2D eigenvalue weighted by atomic mass is 10.1. The summed E-state index contributed by atoms with van der Waals surface area (Å²) in [7, 11) is 1.57. The van der Waals surface area contributed by atoms with E-state index in [-0.39, 0.29) is 28.6 Å². The van der Waals surface area contributed by atoms with Crippen LogP contribution in [0.15, 0.2) is 68.5 Å². The van der Waals surface area contributed by atoms with Gasteiger partial charge in [-0.25, -0.2) is 4.98 Å². The molecule has 0 unspecified atom stereocenters. The Hall–Kier alpha value is -3.81. The van der Waals surface area contributed by atoms with Crippen LogP contribution in [0.3, 0.4) is 0 Å². The normalized spacial score (nSPS) is 25.2. The van der Waals surface area contributed by atoms with Crippen molar-refractivity contribution in [1.29, 1.82) is 0 Å². The van der Waals surface area contributed by atoms with Crippen LogP contribution in [0.5, 0.6) is 0 Å². The highest BCUT2D eigenvalue weighted by molar-refractivity contribution is 5.89. The number of nitrogens with zero attached hydrogens (tertiary/aromatic N) is 5. The number of hydrogen-bond acceptors (Lipinski definition) is 6. The summed E-state index contributed by atoms with van der Waals surface area (Å²) >= 11 is 0. The van der Waals surface area contributed by atoms with Crippen LogP contribution in [-0.2, 0) is 19.0 Å². The first-order valence-electron chi connectivity index (χ1n) is 10.3. The van der Waals surface area contributed by atoms with Crippen molar-refractivity contribution < 1.29 is 4.52 Å². The van der Waals surface area contributed by atoms with Crippen LogP contribution >= 0.6 is 0 Å². The second-order valence-electron chi connectivity index (χ2n) is 8.57. The van der Waals surface area contributed by atoms with E-state index in [0.717, 1.165) is 12.2 Å². The molecule has 8 rings (SSSR count). The maximum atomic E-state index is 12.9. The molecule has 4 aliphatic rings. The molecule has 0 amide bonds. The SMILES string of the molecule is Cn1c(=O)ccc2ncn(Cc3nc([C@]45C6=C(c7ccccc7)C[C@@H]4[C@H]65)no3)c(=O)c21. The van der Waals surface area contributed by atoms with Crippen molar-refractivity contribution in [2.75, 3.05) is 0 Å². The lowest BCUT2D eigenvalue weighted by Crippen LogP contribution is -2.28. The predicted octanol–water partition coefficient (Wildman–Crippen LogP) is 1.88. The van der Waals surface area contributed by atoms with Gasteiger partial charge in [0.25, 0.3) is 11.1 Å². The number of aromatic nitrogens is 5. The van der Waals surface area contributed by atoms with Crippen molar-refractivity contribution >= 4 is 16.6 Å². The molecule has 3 heterocycles. The highest BCUT2D eigenvalue weighted by Gasteiger charge is 2.89. The third kappa shape index (κ3) is 2.02. The van der Waals surface area contributed by atoms with E-state index in [2.05, 4.69) is 39.4 Å². The molecule has 1 aromatic carbocycles. The number of benzene rings is 1. The van der Waals surface area contributed by atoms with Crippen molar-refractivity contribution in [3.63, 3.8) is 0 Å². The van der Waals surface area contributed by atoms with Crippen molar-refractivity contribution in [2.24, 2.45) is 18.9 Å². The van der Waals surface area contributed by atoms with Gasteiger partial charge in [0.2, 0.25) is 5.89 Å². The van der Waals surface area contributed by atoms with Gasteiger partial charge in [0.15, 0.2) is 5.82 Å². The van der Waals surface area contributed by atoms with E-state index in [0.29, 0.717) is 23.2 Å². The van der Waals surface area contributed by atoms with Gasteiger partial charge in [-0.3, -0.25) is 14.2 Å². The van der Waals surface area contributed by atoms with Gasteiger partial charge in [-0.05, 0) is 35.1 Å². The summed E-state index contributed by atoms with van der Waals surface area (Å²) in [4.78, 5) is 33.8. The van der Waals surface area contributed by atoms with Crippen molar-refractivity contribution in [1.82, 2.24) is 24.3 Å². The Labute approximate surface area is 175 Å². The molecular formula is C23H17N5O3. The second-order valence-corrected chi connectivity index (χ2v) is 8.57. The molecule has 152 valence electrons. The molecule has 2 fully saturated rings. The summed E-state index contributed by atoms with van der Waals surface area (Å²) < 4.78 is 8.22. The minimum atomic E-state index is -0.312. The summed E-state index contributed by atoms with van der Waals surface area (Å²) in [6.07, 6.45) is 2.52. The molecular weight excluding hydrogens is 394 g/mol. The molecule has 31 heavy (non-hydrogen) atoms. The van der Waals surface area contributed by atoms with Crippen LogP contribution in [-0.4, -0.2) is 24.3 Å². The summed E-state index contributed by atoms with van der Waals surface area (Å²) in [6, 6.07) is 13.4. The van der Waals surface area contributed by atoms with Crippen molar-refractivity contribution in [3.8, 4) is 0 Å². The van der Waals surface area contributed by atoms with E-state index in [1.165, 1.54) is 38.2 Å². The second kappa shape index (κ2) is 5.46. The Balaban J connectivity index is 1.22. The molecule has 4 aromatic rings. The molecule has 8 nitrogen and oxygen atoms in total. The van der Waals surface area contributed by atoms with Gasteiger partial charge >= 0.3 is 0 Å². The molecule has 0 aliphatic heterocycles. The number of hydrogen-bond donors (Lipinski definition) is 0. The zero-order valence-electron chi connectivity index (χ0n) is 16.6. The van der Waals surface area contributed by atoms with E-state index in [4.69, 9.17) is 4.52 Å². The number of pyridine rings is 1. The molecule has 0 radical (unpaired) electrons. The zero-order chi connectivity index (χ0) is 20.9. The van der Waals surface area contributed by atoms with Gasteiger partial charge in [0, 0.05) is 19.0 Å². The number of rotatable bonds is 4. The molecule has 2 saturated carbocycles. The minimum Gasteiger partial charge on any atom is -0.337 e. The minimum absolute atomic E-state index is 0.0383. The lowest BCUT2D eigenvalue weighted by molar-refractivity contribution is 0.362. The Morgan fingerprint density at radius 1 is 1.16 bits per heavy atom. The van der Waals surface area contributed by atoms with Gasteiger partial charge in [0.05, 0.1) is 17.3 Å². The molecule has 4 aliphatic carbocycles. The first kappa shape index (κ1) is 16.9. The summed E-state index contributed by atoms with van der Waals surface area (Å²) in [5.41, 5.74) is 4.30. The van der Waals surface area contributed by atoms with Crippen LogP contribution in [0.1, 0.15) is 23.7 Å². The monoisotopic (exact) mass is 411 g/mol. The molecule has 8 heteroatoms. The molecule has 0 saturated heterocycles. The largest absolute Gasteiger partial charge is 0.337 e. The van der Waals surface area contributed by atoms with E-state index < -0.39 is 0 Å².